The van der Waals surface area contributed by atoms with Gasteiger partial charge in [-0.2, -0.15) is 0 Å². The average molecular weight is 349 g/mol. The van der Waals surface area contributed by atoms with Crippen molar-refractivity contribution < 1.29 is 19.7 Å². The summed E-state index contributed by atoms with van der Waals surface area (Å²) in [7, 11) is 0. The number of aliphatic hydroxyl groups is 2. The van der Waals surface area contributed by atoms with Crippen molar-refractivity contribution in [2.75, 3.05) is 12.8 Å². The molecular weight excluding hydrogens is 330 g/mol. The second-order valence-electron chi connectivity index (χ2n) is 4.96. The number of thioether (sulfide) groups is 1. The zero-order chi connectivity index (χ0) is 17.4. The number of nitrogens with one attached hydrogen (secondary N) is 1. The first-order valence-corrected chi connectivity index (χ1v) is 8.49. The topological polar surface area (TPSA) is 105 Å². The molecule has 0 bridgehead atoms. The molecule has 0 aliphatic rings. The van der Waals surface area contributed by atoms with Gasteiger partial charge in [0.2, 0.25) is 0 Å². The van der Waals surface area contributed by atoms with Gasteiger partial charge in [0, 0.05) is 24.5 Å². The van der Waals surface area contributed by atoms with E-state index in [-0.39, 0.29) is 13.2 Å². The van der Waals surface area contributed by atoms with E-state index >= 15 is 0 Å². The van der Waals surface area contributed by atoms with Crippen LogP contribution in [-0.2, 0) is 11.3 Å². The molecule has 2 rings (SSSR count). The molecule has 2 aromatic rings. The molecule has 1 aromatic heterocycles. The number of rotatable bonds is 7. The molecule has 3 N–H and O–H groups in total. The summed E-state index contributed by atoms with van der Waals surface area (Å²) in [5.41, 5.74) is 1.24. The molecule has 0 saturated carbocycles. The Labute approximate surface area is 144 Å². The standard InChI is InChI=1S/C16H19N3O4S/c1-24-15-17-7-12(8-18-15)14(21)13(20)9-19-16(22)23-10-11-5-3-2-4-6-11/h2-8,13-14,20-21H,9-10H2,1H3,(H,19,22). The monoisotopic (exact) mass is 349 g/mol. The third kappa shape index (κ3) is 5.48. The van der Waals surface area contributed by atoms with Crippen LogP contribution in [0.3, 0.4) is 0 Å². The Balaban J connectivity index is 1.76. The fraction of sp³-hybridized carbons (Fsp3) is 0.312. The molecule has 2 unspecified atom stereocenters. The van der Waals surface area contributed by atoms with E-state index in [2.05, 4.69) is 15.3 Å². The summed E-state index contributed by atoms with van der Waals surface area (Å²) in [4.78, 5) is 19.7. The van der Waals surface area contributed by atoms with Crippen molar-refractivity contribution in [3.8, 4) is 0 Å². The number of amides is 1. The molecule has 0 radical (unpaired) electrons. The molecule has 1 aromatic carbocycles. The molecule has 0 spiro atoms. The van der Waals surface area contributed by atoms with Crippen molar-refractivity contribution in [3.05, 3.63) is 53.9 Å². The van der Waals surface area contributed by atoms with Gasteiger partial charge in [0.25, 0.3) is 0 Å². The van der Waals surface area contributed by atoms with Crippen LogP contribution >= 0.6 is 11.8 Å². The third-order valence-corrected chi connectivity index (χ3v) is 3.78. The van der Waals surface area contributed by atoms with Gasteiger partial charge in [0.05, 0.1) is 0 Å². The van der Waals surface area contributed by atoms with E-state index in [1.165, 1.54) is 24.2 Å². The van der Waals surface area contributed by atoms with Crippen molar-refractivity contribution in [3.63, 3.8) is 0 Å². The maximum absolute atomic E-state index is 11.6. The number of aliphatic hydroxyl groups excluding tert-OH is 2. The van der Waals surface area contributed by atoms with Crippen molar-refractivity contribution in [1.82, 2.24) is 15.3 Å². The van der Waals surface area contributed by atoms with E-state index in [4.69, 9.17) is 4.74 Å². The summed E-state index contributed by atoms with van der Waals surface area (Å²) in [6.45, 7) is -0.0195. The van der Waals surface area contributed by atoms with Gasteiger partial charge < -0.3 is 20.3 Å². The van der Waals surface area contributed by atoms with Crippen molar-refractivity contribution in [2.45, 2.75) is 24.0 Å². The highest BCUT2D eigenvalue weighted by Gasteiger charge is 2.20. The molecule has 8 heteroatoms. The number of aromatic nitrogens is 2. The van der Waals surface area contributed by atoms with Gasteiger partial charge in [-0.15, -0.1) is 0 Å². The Morgan fingerprint density at radius 2 is 1.92 bits per heavy atom. The summed E-state index contributed by atoms with van der Waals surface area (Å²) in [5.74, 6) is 0. The van der Waals surface area contributed by atoms with Crippen molar-refractivity contribution >= 4 is 17.9 Å². The largest absolute Gasteiger partial charge is 0.445 e. The van der Waals surface area contributed by atoms with E-state index in [9.17, 15) is 15.0 Å². The van der Waals surface area contributed by atoms with Gasteiger partial charge in [0.1, 0.15) is 18.8 Å². The number of ether oxygens (including phenoxy) is 1. The summed E-state index contributed by atoms with van der Waals surface area (Å²) < 4.78 is 5.02. The number of hydrogen-bond acceptors (Lipinski definition) is 7. The van der Waals surface area contributed by atoms with Gasteiger partial charge in [-0.1, -0.05) is 42.1 Å². The molecule has 0 fully saturated rings. The lowest BCUT2D eigenvalue weighted by Crippen LogP contribution is -2.35. The quantitative estimate of drug-likeness (QED) is 0.514. The number of alkyl carbamates (subject to hydrolysis) is 1. The van der Waals surface area contributed by atoms with E-state index in [0.29, 0.717) is 10.7 Å². The zero-order valence-electron chi connectivity index (χ0n) is 13.1. The van der Waals surface area contributed by atoms with Gasteiger partial charge in [-0.25, -0.2) is 14.8 Å². The summed E-state index contributed by atoms with van der Waals surface area (Å²) in [6.07, 6.45) is 1.67. The molecule has 1 amide bonds. The Hall–Kier alpha value is -2.16. The smallest absolute Gasteiger partial charge is 0.407 e. The summed E-state index contributed by atoms with van der Waals surface area (Å²) in [5, 5.41) is 23.0. The van der Waals surface area contributed by atoms with Gasteiger partial charge in [0.15, 0.2) is 5.16 Å². The highest BCUT2D eigenvalue weighted by Crippen LogP contribution is 2.16. The van der Waals surface area contributed by atoms with Crippen LogP contribution in [0.5, 0.6) is 0 Å². The van der Waals surface area contributed by atoms with E-state index in [0.717, 1.165) is 5.56 Å². The number of hydrogen-bond donors (Lipinski definition) is 3. The van der Waals surface area contributed by atoms with Crippen LogP contribution < -0.4 is 5.32 Å². The molecule has 0 saturated heterocycles. The lowest BCUT2D eigenvalue weighted by molar-refractivity contribution is 0.0179. The minimum atomic E-state index is -1.20. The normalized spacial score (nSPS) is 13.1. The Morgan fingerprint density at radius 1 is 1.25 bits per heavy atom. The number of carbonyl (C=O) groups is 1. The van der Waals surface area contributed by atoms with E-state index < -0.39 is 18.3 Å². The second-order valence-corrected chi connectivity index (χ2v) is 5.73. The second kappa shape index (κ2) is 9.21. The minimum absolute atomic E-state index is 0.134. The lowest BCUT2D eigenvalue weighted by atomic mass is 10.1. The van der Waals surface area contributed by atoms with Crippen molar-refractivity contribution in [1.29, 1.82) is 0 Å². The Morgan fingerprint density at radius 3 is 2.54 bits per heavy atom. The maximum atomic E-state index is 11.6. The van der Waals surface area contributed by atoms with Crippen LogP contribution in [0.1, 0.15) is 17.2 Å². The summed E-state index contributed by atoms with van der Waals surface area (Å²) in [6, 6.07) is 9.24. The lowest BCUT2D eigenvalue weighted by Gasteiger charge is -2.18. The van der Waals surface area contributed by atoms with Crippen LogP contribution in [0.25, 0.3) is 0 Å². The van der Waals surface area contributed by atoms with Gasteiger partial charge in [-0.3, -0.25) is 0 Å². The highest BCUT2D eigenvalue weighted by molar-refractivity contribution is 7.98. The number of carbonyl (C=O) groups excluding carboxylic acids is 1. The molecule has 0 aliphatic carbocycles. The zero-order valence-corrected chi connectivity index (χ0v) is 13.9. The number of nitrogens with zero attached hydrogens (tertiary/aromatic N) is 2. The SMILES string of the molecule is CSc1ncc(C(O)C(O)CNC(=O)OCc2ccccc2)cn1. The molecule has 128 valence electrons. The molecular formula is C16H19N3O4S. The first-order chi connectivity index (χ1) is 11.6. The highest BCUT2D eigenvalue weighted by atomic mass is 32.2. The predicted molar refractivity (Wildman–Crippen MR) is 89.4 cm³/mol. The van der Waals surface area contributed by atoms with Crippen LogP contribution in [0.2, 0.25) is 0 Å². The van der Waals surface area contributed by atoms with Crippen LogP contribution in [0, 0.1) is 0 Å². The summed E-state index contributed by atoms with van der Waals surface area (Å²) >= 11 is 1.38. The Bertz CT molecular complexity index is 640. The van der Waals surface area contributed by atoms with E-state index in [1.807, 2.05) is 36.6 Å². The molecule has 7 nitrogen and oxygen atoms in total. The van der Waals surface area contributed by atoms with Crippen LogP contribution in [0.4, 0.5) is 4.79 Å². The first-order valence-electron chi connectivity index (χ1n) is 7.26. The van der Waals surface area contributed by atoms with E-state index in [1.54, 1.807) is 0 Å². The molecule has 1 heterocycles. The molecule has 0 aliphatic heterocycles. The van der Waals surface area contributed by atoms with Crippen LogP contribution in [0.15, 0.2) is 47.9 Å². The first kappa shape index (κ1) is 18.2. The predicted octanol–water partition coefficient (Wildman–Crippen LogP) is 1.52. The van der Waals surface area contributed by atoms with Gasteiger partial charge >= 0.3 is 6.09 Å². The third-order valence-electron chi connectivity index (χ3n) is 3.20. The fourth-order valence-electron chi connectivity index (χ4n) is 1.88. The minimum Gasteiger partial charge on any atom is -0.445 e. The Kier molecular flexibility index (Phi) is 6.98. The van der Waals surface area contributed by atoms with Gasteiger partial charge in [-0.05, 0) is 11.8 Å². The number of benzene rings is 1. The average Bonchev–Trinajstić information content (AvgIpc) is 2.64. The maximum Gasteiger partial charge on any atom is 0.407 e. The van der Waals surface area contributed by atoms with Crippen LogP contribution in [-0.4, -0.2) is 45.2 Å². The molecule has 2 atom stereocenters. The van der Waals surface area contributed by atoms with Crippen molar-refractivity contribution in [2.24, 2.45) is 0 Å². The molecule has 24 heavy (non-hydrogen) atoms. The fourth-order valence-corrected chi connectivity index (χ4v) is 2.20.